The maximum atomic E-state index is 9.75. The Labute approximate surface area is 100.0 Å². The molecule has 16 heavy (non-hydrogen) atoms. The fourth-order valence-electron chi connectivity index (χ4n) is 1.39. The zero-order valence-electron chi connectivity index (χ0n) is 8.63. The third-order valence-electron chi connectivity index (χ3n) is 2.01. The SMILES string of the molecule is F[B-](F)(F)F.[Li][c]1cccc2ccccc12. The molecule has 0 radical (unpaired) electrons. The van der Waals surface area contributed by atoms with E-state index in [1.54, 1.807) is 0 Å². The number of benzene rings is 2. The van der Waals surface area contributed by atoms with Gasteiger partial charge in [-0.25, -0.2) is 0 Å². The topological polar surface area (TPSA) is 0 Å². The van der Waals surface area contributed by atoms with Crippen LogP contribution < -0.4 is 4.24 Å². The summed E-state index contributed by atoms with van der Waals surface area (Å²) in [5.74, 6) is 0. The Morgan fingerprint density at radius 2 is 1.31 bits per heavy atom. The van der Waals surface area contributed by atoms with Crippen LogP contribution in [-0.4, -0.2) is 25.0 Å². The van der Waals surface area contributed by atoms with E-state index < -0.39 is 7.25 Å². The molecule has 0 saturated carbocycles. The van der Waals surface area contributed by atoms with Gasteiger partial charge in [-0.15, -0.1) is 0 Å². The van der Waals surface area contributed by atoms with Gasteiger partial charge in [-0.05, 0) is 0 Å². The van der Waals surface area contributed by atoms with Crippen LogP contribution in [0.4, 0.5) is 17.3 Å². The van der Waals surface area contributed by atoms with Crippen LogP contribution in [0.3, 0.4) is 0 Å². The first-order valence-electron chi connectivity index (χ1n) is 4.69. The van der Waals surface area contributed by atoms with Crippen LogP contribution in [0.1, 0.15) is 0 Å². The molecule has 0 bridgehead atoms. The van der Waals surface area contributed by atoms with Gasteiger partial charge in [0, 0.05) is 0 Å². The zero-order valence-corrected chi connectivity index (χ0v) is 8.63. The molecule has 2 rings (SSSR count). The summed E-state index contributed by atoms with van der Waals surface area (Å²) in [7, 11) is -6.00. The van der Waals surface area contributed by atoms with E-state index in [0.29, 0.717) is 0 Å². The van der Waals surface area contributed by atoms with Crippen molar-refractivity contribution in [1.29, 1.82) is 0 Å². The third kappa shape index (κ3) is 4.74. The molecule has 0 heterocycles. The average molecular weight is 221 g/mol. The summed E-state index contributed by atoms with van der Waals surface area (Å²) in [5.41, 5.74) is 0. The molecule has 0 nitrogen and oxygen atoms in total. The van der Waals surface area contributed by atoms with E-state index in [1.807, 2.05) is 0 Å². The van der Waals surface area contributed by atoms with Crippen molar-refractivity contribution < 1.29 is 17.3 Å². The van der Waals surface area contributed by atoms with Crippen molar-refractivity contribution >= 4 is 40.0 Å². The first-order chi connectivity index (χ1) is 7.38. The van der Waals surface area contributed by atoms with Crippen LogP contribution in [0.25, 0.3) is 10.8 Å². The van der Waals surface area contributed by atoms with Crippen LogP contribution in [0.2, 0.25) is 0 Å². The molecule has 2 aromatic carbocycles. The van der Waals surface area contributed by atoms with Gasteiger partial charge in [0.25, 0.3) is 0 Å². The quantitative estimate of drug-likeness (QED) is 0.473. The van der Waals surface area contributed by atoms with Gasteiger partial charge < -0.3 is 17.3 Å². The monoisotopic (exact) mass is 221 g/mol. The first kappa shape index (κ1) is 13.1. The molecule has 0 aliphatic carbocycles. The Kier molecular flexibility index (Phi) is 4.46. The van der Waals surface area contributed by atoms with Crippen molar-refractivity contribution in [3.63, 3.8) is 0 Å². The van der Waals surface area contributed by atoms with E-state index in [4.69, 9.17) is 0 Å². The second-order valence-electron chi connectivity index (χ2n) is 3.29. The molecule has 0 N–H and O–H groups in total. The van der Waals surface area contributed by atoms with Crippen molar-refractivity contribution in [3.8, 4) is 0 Å². The molecule has 6 heteroatoms. The standard InChI is InChI=1S/C10H7.BF4.Li/c1-2-6-10-8-4-3-7-9(10)5-1;2-1(3,4)5;/h1-7H;;/q;-1;. The fraction of sp³-hybridized carbons (Fsp3) is 0. The molecule has 0 aliphatic heterocycles. The van der Waals surface area contributed by atoms with Gasteiger partial charge in [0.2, 0.25) is 0 Å². The summed E-state index contributed by atoms with van der Waals surface area (Å²) in [4.78, 5) is 0. The fourth-order valence-corrected chi connectivity index (χ4v) is 1.39. The molecule has 0 atom stereocenters. The predicted octanol–water partition coefficient (Wildman–Crippen LogP) is 2.93. The van der Waals surface area contributed by atoms with Gasteiger partial charge in [0.05, 0.1) is 0 Å². The molecule has 0 aliphatic rings. The summed E-state index contributed by atoms with van der Waals surface area (Å²) < 4.78 is 40.4. The van der Waals surface area contributed by atoms with Gasteiger partial charge in [0.1, 0.15) is 0 Å². The van der Waals surface area contributed by atoms with Crippen LogP contribution in [0.15, 0.2) is 42.5 Å². The Balaban J connectivity index is 0.000000221. The van der Waals surface area contributed by atoms with E-state index in [1.165, 1.54) is 15.0 Å². The van der Waals surface area contributed by atoms with Gasteiger partial charge in [-0.3, -0.25) is 0 Å². The number of rotatable bonds is 0. The van der Waals surface area contributed by atoms with E-state index in [0.717, 1.165) is 0 Å². The molecule has 0 fully saturated rings. The number of hydrogen-bond acceptors (Lipinski definition) is 0. The predicted molar refractivity (Wildman–Crippen MR) is 59.5 cm³/mol. The number of fused-ring (bicyclic) bond motifs is 1. The van der Waals surface area contributed by atoms with Crippen molar-refractivity contribution in [2.75, 3.05) is 0 Å². The van der Waals surface area contributed by atoms with E-state index in [2.05, 4.69) is 60.2 Å². The molecule has 0 spiro atoms. The Bertz CT molecular complexity index is 458. The summed E-state index contributed by atoms with van der Waals surface area (Å²) in [6, 6.07) is 14.8. The number of hydrogen-bond donors (Lipinski definition) is 0. The molecular formula is C10H7BF4Li-. The molecule has 0 amide bonds. The van der Waals surface area contributed by atoms with Crippen LogP contribution in [0, 0.1) is 0 Å². The summed E-state index contributed by atoms with van der Waals surface area (Å²) in [5, 5.41) is 2.68. The van der Waals surface area contributed by atoms with Crippen molar-refractivity contribution in [3.05, 3.63) is 42.5 Å². The Hall–Kier alpha value is -0.918. The molecule has 80 valence electrons. The van der Waals surface area contributed by atoms with Gasteiger partial charge in [-0.1, -0.05) is 0 Å². The van der Waals surface area contributed by atoms with E-state index in [9.17, 15) is 17.3 Å². The van der Waals surface area contributed by atoms with Crippen LogP contribution in [0.5, 0.6) is 0 Å². The van der Waals surface area contributed by atoms with E-state index in [-0.39, 0.29) is 0 Å². The van der Waals surface area contributed by atoms with Gasteiger partial charge in [0.15, 0.2) is 0 Å². The molecule has 0 unspecified atom stereocenters. The maximum absolute atomic E-state index is 9.75. The Morgan fingerprint density at radius 1 is 0.812 bits per heavy atom. The average Bonchev–Trinajstić information content (AvgIpc) is 2.16. The third-order valence-corrected chi connectivity index (χ3v) is 2.01. The summed E-state index contributed by atoms with van der Waals surface area (Å²) in [6.45, 7) is 0. The Morgan fingerprint density at radius 3 is 1.88 bits per heavy atom. The van der Waals surface area contributed by atoms with Crippen molar-refractivity contribution in [1.82, 2.24) is 0 Å². The molecule has 2 aromatic rings. The van der Waals surface area contributed by atoms with Gasteiger partial charge >= 0.3 is 82.4 Å². The second-order valence-corrected chi connectivity index (χ2v) is 3.29. The summed E-state index contributed by atoms with van der Waals surface area (Å²) in [6.07, 6.45) is 0. The van der Waals surface area contributed by atoms with Crippen molar-refractivity contribution in [2.24, 2.45) is 0 Å². The summed E-state index contributed by atoms with van der Waals surface area (Å²) >= 11 is 2.14. The minimum atomic E-state index is -6.00. The van der Waals surface area contributed by atoms with Crippen LogP contribution >= 0.6 is 0 Å². The molecule has 0 saturated heterocycles. The first-order valence-corrected chi connectivity index (χ1v) is 4.69. The van der Waals surface area contributed by atoms with Crippen molar-refractivity contribution in [2.45, 2.75) is 0 Å². The molecule has 0 aromatic heterocycles. The number of halogens is 4. The van der Waals surface area contributed by atoms with Crippen LogP contribution in [-0.2, 0) is 0 Å². The second kappa shape index (κ2) is 5.42. The van der Waals surface area contributed by atoms with Gasteiger partial charge in [-0.2, -0.15) is 0 Å². The normalized spacial score (nSPS) is 10.9. The molecular weight excluding hydrogens is 214 g/mol. The van der Waals surface area contributed by atoms with E-state index >= 15 is 0 Å². The zero-order chi connectivity index (χ0) is 12.2. The minimum absolute atomic E-state index is 1.33.